The summed E-state index contributed by atoms with van der Waals surface area (Å²) >= 11 is 0. The molecule has 0 saturated heterocycles. The SMILES string of the molecule is CC(C)c1cc(=O)oc2cc(F)c(N)cc12. The van der Waals surface area contributed by atoms with Gasteiger partial charge >= 0.3 is 5.63 Å². The van der Waals surface area contributed by atoms with Gasteiger partial charge in [-0.15, -0.1) is 0 Å². The first-order valence-electron chi connectivity index (χ1n) is 5.02. The van der Waals surface area contributed by atoms with Crippen molar-refractivity contribution >= 4 is 16.7 Å². The molecule has 0 aliphatic heterocycles. The van der Waals surface area contributed by atoms with Crippen molar-refractivity contribution < 1.29 is 8.81 Å². The second-order valence-corrected chi connectivity index (χ2v) is 4.05. The van der Waals surface area contributed by atoms with Gasteiger partial charge in [0.25, 0.3) is 0 Å². The molecule has 0 spiro atoms. The molecule has 1 aromatic heterocycles. The lowest BCUT2D eigenvalue weighted by atomic mass is 9.99. The first-order valence-corrected chi connectivity index (χ1v) is 5.02. The van der Waals surface area contributed by atoms with Crippen molar-refractivity contribution in [1.82, 2.24) is 0 Å². The summed E-state index contributed by atoms with van der Waals surface area (Å²) in [6, 6.07) is 4.07. The molecule has 0 radical (unpaired) electrons. The number of halogens is 1. The Hall–Kier alpha value is -1.84. The maximum atomic E-state index is 13.2. The van der Waals surface area contributed by atoms with Crippen LogP contribution in [0.2, 0.25) is 0 Å². The third-order valence-electron chi connectivity index (χ3n) is 2.52. The highest BCUT2D eigenvalue weighted by Gasteiger charge is 2.11. The molecule has 1 aromatic carbocycles. The minimum Gasteiger partial charge on any atom is -0.423 e. The lowest BCUT2D eigenvalue weighted by Crippen LogP contribution is -2.03. The minimum atomic E-state index is -0.573. The first kappa shape index (κ1) is 10.7. The summed E-state index contributed by atoms with van der Waals surface area (Å²) < 4.78 is 18.2. The molecule has 2 N–H and O–H groups in total. The Bertz CT molecular complexity index is 602. The second kappa shape index (κ2) is 3.63. The molecule has 0 aliphatic rings. The molecule has 4 heteroatoms. The summed E-state index contributed by atoms with van der Waals surface area (Å²) in [7, 11) is 0. The minimum absolute atomic E-state index is 0.0586. The van der Waals surface area contributed by atoms with E-state index >= 15 is 0 Å². The zero-order chi connectivity index (χ0) is 11.9. The second-order valence-electron chi connectivity index (χ2n) is 4.05. The number of nitrogens with two attached hydrogens (primary N) is 1. The molecule has 2 rings (SSSR count). The summed E-state index contributed by atoms with van der Waals surface area (Å²) in [6.45, 7) is 3.90. The van der Waals surface area contributed by atoms with Gasteiger partial charge in [0.1, 0.15) is 11.4 Å². The average molecular weight is 221 g/mol. The van der Waals surface area contributed by atoms with E-state index in [1.807, 2.05) is 13.8 Å². The smallest absolute Gasteiger partial charge is 0.336 e. The molecule has 0 unspecified atom stereocenters. The lowest BCUT2D eigenvalue weighted by molar-refractivity contribution is 0.551. The Morgan fingerprint density at radius 3 is 2.62 bits per heavy atom. The van der Waals surface area contributed by atoms with Crippen LogP contribution >= 0.6 is 0 Å². The van der Waals surface area contributed by atoms with E-state index in [0.29, 0.717) is 5.39 Å². The molecule has 1 heterocycles. The van der Waals surface area contributed by atoms with Crippen LogP contribution in [-0.2, 0) is 0 Å². The normalized spacial score (nSPS) is 11.2. The fourth-order valence-corrected chi connectivity index (χ4v) is 1.70. The molecule has 3 nitrogen and oxygen atoms in total. The van der Waals surface area contributed by atoms with E-state index in [-0.39, 0.29) is 17.2 Å². The van der Waals surface area contributed by atoms with Crippen LogP contribution in [0.3, 0.4) is 0 Å². The molecular weight excluding hydrogens is 209 g/mol. The zero-order valence-corrected chi connectivity index (χ0v) is 9.08. The Kier molecular flexibility index (Phi) is 2.42. The number of rotatable bonds is 1. The average Bonchev–Trinajstić information content (AvgIpc) is 2.19. The standard InChI is InChI=1S/C12H12FNO2/c1-6(2)7-4-12(15)16-11-5-9(13)10(14)3-8(7)11/h3-6H,14H2,1-2H3. The zero-order valence-electron chi connectivity index (χ0n) is 9.08. The summed E-state index contributed by atoms with van der Waals surface area (Å²) in [5.74, 6) is -0.423. The molecule has 0 amide bonds. The van der Waals surface area contributed by atoms with E-state index in [4.69, 9.17) is 10.2 Å². The predicted octanol–water partition coefficient (Wildman–Crippen LogP) is 2.64. The summed E-state index contributed by atoms with van der Waals surface area (Å²) in [5.41, 5.74) is 6.14. The van der Waals surface area contributed by atoms with Crippen LogP contribution in [0.5, 0.6) is 0 Å². The van der Waals surface area contributed by atoms with Gasteiger partial charge < -0.3 is 10.2 Å². The van der Waals surface area contributed by atoms with Crippen LogP contribution in [0.25, 0.3) is 11.0 Å². The van der Waals surface area contributed by atoms with Crippen molar-refractivity contribution in [3.8, 4) is 0 Å². The van der Waals surface area contributed by atoms with Crippen molar-refractivity contribution in [3.63, 3.8) is 0 Å². The number of hydrogen-bond donors (Lipinski definition) is 1. The maximum absolute atomic E-state index is 13.2. The van der Waals surface area contributed by atoms with Gasteiger partial charge in [-0.05, 0) is 17.5 Å². The first-order chi connectivity index (χ1) is 7.49. The van der Waals surface area contributed by atoms with Gasteiger partial charge in [-0.25, -0.2) is 9.18 Å². The van der Waals surface area contributed by atoms with E-state index < -0.39 is 11.4 Å². The van der Waals surface area contributed by atoms with Crippen LogP contribution in [0.4, 0.5) is 10.1 Å². The highest BCUT2D eigenvalue weighted by Crippen LogP contribution is 2.27. The van der Waals surface area contributed by atoms with Crippen molar-refractivity contribution in [3.05, 3.63) is 40.0 Å². The van der Waals surface area contributed by atoms with E-state index in [1.165, 1.54) is 12.1 Å². The topological polar surface area (TPSA) is 56.2 Å². The van der Waals surface area contributed by atoms with Crippen LogP contribution < -0.4 is 11.4 Å². The van der Waals surface area contributed by atoms with E-state index in [2.05, 4.69) is 0 Å². The Balaban J connectivity index is 2.90. The quantitative estimate of drug-likeness (QED) is 0.595. The van der Waals surface area contributed by atoms with E-state index in [1.54, 1.807) is 0 Å². The molecule has 0 fully saturated rings. The number of benzene rings is 1. The monoisotopic (exact) mass is 221 g/mol. The van der Waals surface area contributed by atoms with Crippen molar-refractivity contribution in [1.29, 1.82) is 0 Å². The Labute approximate surface area is 91.7 Å². The highest BCUT2D eigenvalue weighted by molar-refractivity contribution is 5.84. The van der Waals surface area contributed by atoms with Gasteiger partial charge in [0, 0.05) is 17.5 Å². The predicted molar refractivity (Wildman–Crippen MR) is 60.9 cm³/mol. The molecule has 0 atom stereocenters. The van der Waals surface area contributed by atoms with Gasteiger partial charge in [-0.1, -0.05) is 13.8 Å². The lowest BCUT2D eigenvalue weighted by Gasteiger charge is -2.09. The summed E-state index contributed by atoms with van der Waals surface area (Å²) in [4.78, 5) is 11.3. The third-order valence-corrected chi connectivity index (χ3v) is 2.52. The highest BCUT2D eigenvalue weighted by atomic mass is 19.1. The fraction of sp³-hybridized carbons (Fsp3) is 0.250. The fourth-order valence-electron chi connectivity index (χ4n) is 1.70. The number of fused-ring (bicyclic) bond motifs is 1. The molecule has 0 bridgehead atoms. The molecule has 2 aromatic rings. The number of anilines is 1. The van der Waals surface area contributed by atoms with Gasteiger partial charge in [0.2, 0.25) is 0 Å². The number of hydrogen-bond acceptors (Lipinski definition) is 3. The van der Waals surface area contributed by atoms with Crippen LogP contribution in [-0.4, -0.2) is 0 Å². The van der Waals surface area contributed by atoms with Gasteiger partial charge in [-0.2, -0.15) is 0 Å². The molecule has 0 aliphatic carbocycles. The van der Waals surface area contributed by atoms with Crippen LogP contribution in [0.1, 0.15) is 25.3 Å². The molecule has 84 valence electrons. The Morgan fingerprint density at radius 1 is 1.31 bits per heavy atom. The van der Waals surface area contributed by atoms with Crippen molar-refractivity contribution in [2.75, 3.05) is 5.73 Å². The third kappa shape index (κ3) is 1.66. The van der Waals surface area contributed by atoms with Crippen molar-refractivity contribution in [2.24, 2.45) is 0 Å². The van der Waals surface area contributed by atoms with Gasteiger partial charge in [0.15, 0.2) is 0 Å². The summed E-state index contributed by atoms with van der Waals surface area (Å²) in [6.07, 6.45) is 0. The molecular formula is C12H12FNO2. The summed E-state index contributed by atoms with van der Waals surface area (Å²) in [5, 5.41) is 0.688. The van der Waals surface area contributed by atoms with E-state index in [0.717, 1.165) is 11.6 Å². The van der Waals surface area contributed by atoms with Gasteiger partial charge in [0.05, 0.1) is 5.69 Å². The van der Waals surface area contributed by atoms with E-state index in [9.17, 15) is 9.18 Å². The number of nitrogen functional groups attached to an aromatic ring is 1. The largest absolute Gasteiger partial charge is 0.423 e. The molecule has 16 heavy (non-hydrogen) atoms. The molecule has 0 saturated carbocycles. The van der Waals surface area contributed by atoms with Crippen LogP contribution in [0.15, 0.2) is 27.4 Å². The maximum Gasteiger partial charge on any atom is 0.336 e. The van der Waals surface area contributed by atoms with Gasteiger partial charge in [-0.3, -0.25) is 0 Å². The Morgan fingerprint density at radius 2 is 2.00 bits per heavy atom. The van der Waals surface area contributed by atoms with Crippen LogP contribution in [0, 0.1) is 5.82 Å². The van der Waals surface area contributed by atoms with Crippen molar-refractivity contribution in [2.45, 2.75) is 19.8 Å².